The van der Waals surface area contributed by atoms with Gasteiger partial charge in [0.1, 0.15) is 17.7 Å². The third-order valence-corrected chi connectivity index (χ3v) is 6.94. The molecule has 0 saturated carbocycles. The molecule has 8 heteroatoms. The molecule has 3 aliphatic heterocycles. The highest BCUT2D eigenvalue weighted by atomic mass is 32.2. The average molecular weight is 349 g/mol. The standard InChI is InChI=1S/C16H23N5O2S/c1-3-12-18-19-13-5-4-10(8-20(12)13)17-15(23)11-9-24-16(2)7-6-14(22)21(11)16/h10-11H,3-9H2,1-2H3,(H,17,23)/t10-,11+,16+/m1/s1. The number of hydrogen-bond donors (Lipinski definition) is 1. The minimum Gasteiger partial charge on any atom is -0.350 e. The Morgan fingerprint density at radius 2 is 2.25 bits per heavy atom. The Morgan fingerprint density at radius 3 is 3.04 bits per heavy atom. The summed E-state index contributed by atoms with van der Waals surface area (Å²) in [5.41, 5.74) is 0. The van der Waals surface area contributed by atoms with E-state index in [2.05, 4.69) is 33.9 Å². The fraction of sp³-hybridized carbons (Fsp3) is 0.750. The lowest BCUT2D eigenvalue weighted by Gasteiger charge is -2.31. The molecule has 3 atom stereocenters. The summed E-state index contributed by atoms with van der Waals surface area (Å²) in [6, 6.07) is -0.246. The molecule has 0 unspecified atom stereocenters. The summed E-state index contributed by atoms with van der Waals surface area (Å²) in [6.45, 7) is 4.87. The largest absolute Gasteiger partial charge is 0.350 e. The van der Waals surface area contributed by atoms with E-state index in [0.29, 0.717) is 12.2 Å². The number of nitrogens with zero attached hydrogens (tertiary/aromatic N) is 4. The lowest BCUT2D eigenvalue weighted by atomic mass is 10.1. The summed E-state index contributed by atoms with van der Waals surface area (Å²) in [4.78, 5) is 26.6. The van der Waals surface area contributed by atoms with Crippen molar-refractivity contribution < 1.29 is 9.59 Å². The molecular weight excluding hydrogens is 326 g/mol. The predicted octanol–water partition coefficient (Wildman–Crippen LogP) is 0.726. The van der Waals surface area contributed by atoms with Crippen LogP contribution in [0.5, 0.6) is 0 Å². The van der Waals surface area contributed by atoms with Gasteiger partial charge in [-0.05, 0) is 19.8 Å². The number of rotatable bonds is 3. The van der Waals surface area contributed by atoms with Crippen LogP contribution in [0.15, 0.2) is 0 Å². The van der Waals surface area contributed by atoms with Gasteiger partial charge in [-0.1, -0.05) is 6.92 Å². The van der Waals surface area contributed by atoms with Crippen molar-refractivity contribution in [2.75, 3.05) is 5.75 Å². The molecule has 2 fully saturated rings. The topological polar surface area (TPSA) is 80.1 Å². The van der Waals surface area contributed by atoms with E-state index in [9.17, 15) is 9.59 Å². The van der Waals surface area contributed by atoms with E-state index >= 15 is 0 Å². The Bertz CT molecular complexity index is 677. The molecule has 0 radical (unpaired) electrons. The SMILES string of the molecule is CCc1nnc2n1C[C@H](NC(=O)[C@@H]1CS[C@@]3(C)CCC(=O)N13)CC2. The first-order chi connectivity index (χ1) is 11.5. The molecule has 130 valence electrons. The third-order valence-electron chi connectivity index (χ3n) is 5.43. The molecule has 0 aliphatic carbocycles. The molecule has 4 rings (SSSR count). The van der Waals surface area contributed by atoms with E-state index in [1.54, 1.807) is 11.8 Å². The Morgan fingerprint density at radius 1 is 1.42 bits per heavy atom. The minimum atomic E-state index is -0.331. The van der Waals surface area contributed by atoms with Crippen LogP contribution in [0.3, 0.4) is 0 Å². The molecule has 1 aromatic heterocycles. The molecule has 1 aromatic rings. The van der Waals surface area contributed by atoms with Crippen molar-refractivity contribution >= 4 is 23.6 Å². The van der Waals surface area contributed by atoms with E-state index in [1.165, 1.54) is 0 Å². The van der Waals surface area contributed by atoms with E-state index in [0.717, 1.165) is 43.9 Å². The van der Waals surface area contributed by atoms with Crippen molar-refractivity contribution in [3.05, 3.63) is 11.6 Å². The lowest BCUT2D eigenvalue weighted by molar-refractivity contribution is -0.138. The fourth-order valence-electron chi connectivity index (χ4n) is 4.07. The normalized spacial score (nSPS) is 31.9. The maximum atomic E-state index is 12.8. The van der Waals surface area contributed by atoms with Crippen LogP contribution in [-0.2, 0) is 29.0 Å². The van der Waals surface area contributed by atoms with E-state index in [1.807, 2.05) is 4.90 Å². The quantitative estimate of drug-likeness (QED) is 0.870. The Hall–Kier alpha value is -1.57. The highest BCUT2D eigenvalue weighted by Gasteiger charge is 2.53. The van der Waals surface area contributed by atoms with Gasteiger partial charge in [0.2, 0.25) is 11.8 Å². The van der Waals surface area contributed by atoms with E-state index in [-0.39, 0.29) is 28.8 Å². The average Bonchev–Trinajstić information content (AvgIpc) is 3.21. The molecular formula is C16H23N5O2S. The minimum absolute atomic E-state index is 0.0129. The van der Waals surface area contributed by atoms with Crippen molar-refractivity contribution in [1.29, 1.82) is 0 Å². The number of fused-ring (bicyclic) bond motifs is 2. The predicted molar refractivity (Wildman–Crippen MR) is 90.4 cm³/mol. The summed E-state index contributed by atoms with van der Waals surface area (Å²) < 4.78 is 2.13. The van der Waals surface area contributed by atoms with Crippen molar-refractivity contribution in [3.63, 3.8) is 0 Å². The summed E-state index contributed by atoms with van der Waals surface area (Å²) in [6.07, 6.45) is 3.94. The Labute approximate surface area is 145 Å². The first-order valence-corrected chi connectivity index (χ1v) is 9.68. The maximum absolute atomic E-state index is 12.8. The summed E-state index contributed by atoms with van der Waals surface area (Å²) in [5, 5.41) is 11.6. The molecule has 1 N–H and O–H groups in total. The molecule has 0 spiro atoms. The summed E-state index contributed by atoms with van der Waals surface area (Å²) in [5.74, 6) is 2.78. The van der Waals surface area contributed by atoms with Crippen LogP contribution in [0.1, 0.15) is 44.8 Å². The van der Waals surface area contributed by atoms with Crippen LogP contribution in [0.4, 0.5) is 0 Å². The van der Waals surface area contributed by atoms with Gasteiger partial charge in [-0.2, -0.15) is 0 Å². The number of carbonyl (C=O) groups is 2. The molecule has 2 amide bonds. The number of carbonyl (C=O) groups excluding carboxylic acids is 2. The van der Waals surface area contributed by atoms with Gasteiger partial charge < -0.3 is 14.8 Å². The maximum Gasteiger partial charge on any atom is 0.243 e. The molecule has 0 aromatic carbocycles. The van der Waals surface area contributed by atoms with Gasteiger partial charge in [0, 0.05) is 37.6 Å². The van der Waals surface area contributed by atoms with E-state index in [4.69, 9.17) is 0 Å². The zero-order valence-electron chi connectivity index (χ0n) is 14.1. The van der Waals surface area contributed by atoms with Crippen LogP contribution in [-0.4, -0.2) is 54.2 Å². The second-order valence-electron chi connectivity index (χ2n) is 7.01. The first kappa shape index (κ1) is 15.9. The number of thioether (sulfide) groups is 1. The second kappa shape index (κ2) is 5.75. The van der Waals surface area contributed by atoms with Crippen molar-refractivity contribution in [2.45, 2.75) is 69.5 Å². The first-order valence-electron chi connectivity index (χ1n) is 8.69. The van der Waals surface area contributed by atoms with Crippen LogP contribution in [0, 0.1) is 0 Å². The van der Waals surface area contributed by atoms with E-state index < -0.39 is 0 Å². The lowest BCUT2D eigenvalue weighted by Crippen LogP contribution is -2.53. The van der Waals surface area contributed by atoms with Gasteiger partial charge in [-0.15, -0.1) is 22.0 Å². The highest BCUT2D eigenvalue weighted by molar-refractivity contribution is 8.01. The van der Waals surface area contributed by atoms with Gasteiger partial charge in [-0.3, -0.25) is 9.59 Å². The van der Waals surface area contributed by atoms with Crippen molar-refractivity contribution in [2.24, 2.45) is 0 Å². The second-order valence-corrected chi connectivity index (χ2v) is 8.51. The van der Waals surface area contributed by atoms with Crippen LogP contribution in [0.25, 0.3) is 0 Å². The van der Waals surface area contributed by atoms with Crippen molar-refractivity contribution in [1.82, 2.24) is 25.0 Å². The number of amides is 2. The smallest absolute Gasteiger partial charge is 0.243 e. The number of aryl methyl sites for hydroxylation is 2. The monoisotopic (exact) mass is 349 g/mol. The Balaban J connectivity index is 1.45. The zero-order valence-corrected chi connectivity index (χ0v) is 14.9. The van der Waals surface area contributed by atoms with Crippen LogP contribution in [0.2, 0.25) is 0 Å². The van der Waals surface area contributed by atoms with Gasteiger partial charge in [0.25, 0.3) is 0 Å². The van der Waals surface area contributed by atoms with Gasteiger partial charge in [-0.25, -0.2) is 0 Å². The van der Waals surface area contributed by atoms with Crippen molar-refractivity contribution in [3.8, 4) is 0 Å². The molecule has 24 heavy (non-hydrogen) atoms. The van der Waals surface area contributed by atoms with Crippen LogP contribution >= 0.6 is 11.8 Å². The summed E-state index contributed by atoms with van der Waals surface area (Å²) in [7, 11) is 0. The highest BCUT2D eigenvalue weighted by Crippen LogP contribution is 2.47. The molecule has 0 bridgehead atoms. The molecule has 3 aliphatic rings. The Kier molecular flexibility index (Phi) is 3.82. The summed E-state index contributed by atoms with van der Waals surface area (Å²) >= 11 is 1.73. The molecule has 7 nitrogen and oxygen atoms in total. The van der Waals surface area contributed by atoms with Gasteiger partial charge >= 0.3 is 0 Å². The molecule has 2 saturated heterocycles. The van der Waals surface area contributed by atoms with Gasteiger partial charge in [0.15, 0.2) is 0 Å². The third kappa shape index (κ3) is 2.42. The number of hydrogen-bond acceptors (Lipinski definition) is 5. The zero-order chi connectivity index (χ0) is 16.9. The fourth-order valence-corrected chi connectivity index (χ4v) is 5.51. The van der Waals surface area contributed by atoms with Crippen LogP contribution < -0.4 is 5.32 Å². The number of nitrogens with one attached hydrogen (secondary N) is 1. The van der Waals surface area contributed by atoms with Gasteiger partial charge in [0.05, 0.1) is 4.87 Å². The molecule has 4 heterocycles. The number of aromatic nitrogens is 3.